The first-order valence-electron chi connectivity index (χ1n) is 18.4. The summed E-state index contributed by atoms with van der Waals surface area (Å²) in [5.41, 5.74) is 25.3. The van der Waals surface area contributed by atoms with E-state index in [9.17, 15) is 0 Å². The van der Waals surface area contributed by atoms with Crippen molar-refractivity contribution in [3.05, 3.63) is 178 Å². The van der Waals surface area contributed by atoms with Crippen molar-refractivity contribution < 1.29 is 0 Å². The molecule has 0 saturated heterocycles. The van der Waals surface area contributed by atoms with Crippen LogP contribution >= 0.6 is 0 Å². The van der Waals surface area contributed by atoms with Gasteiger partial charge in [0.15, 0.2) is 0 Å². The monoisotopic (exact) mass is 656 g/mol. The molecule has 0 bridgehead atoms. The number of benzene rings is 7. The summed E-state index contributed by atoms with van der Waals surface area (Å²) in [4.78, 5) is 0. The number of fused-ring (bicyclic) bond motifs is 6. The number of rotatable bonds is 4. The molecule has 0 nitrogen and oxygen atoms in total. The first kappa shape index (κ1) is 31.5. The number of aryl methyl sites for hydroxylation is 2. The van der Waals surface area contributed by atoms with E-state index in [2.05, 4.69) is 188 Å². The average Bonchev–Trinajstić information content (AvgIpc) is 3.49. The van der Waals surface area contributed by atoms with Crippen LogP contribution in [0, 0.1) is 20.8 Å². The molecule has 2 aliphatic rings. The van der Waals surface area contributed by atoms with Gasteiger partial charge in [-0.2, -0.15) is 0 Å². The second-order valence-electron chi connectivity index (χ2n) is 15.9. The van der Waals surface area contributed by atoms with Crippen LogP contribution in [-0.4, -0.2) is 0 Å². The highest BCUT2D eigenvalue weighted by molar-refractivity contribution is 5.91. The van der Waals surface area contributed by atoms with Crippen LogP contribution in [0.4, 0.5) is 0 Å². The fourth-order valence-corrected chi connectivity index (χ4v) is 9.24. The Balaban J connectivity index is 1.18. The van der Waals surface area contributed by atoms with Gasteiger partial charge < -0.3 is 0 Å². The molecule has 2 aliphatic carbocycles. The summed E-state index contributed by atoms with van der Waals surface area (Å²) in [6.07, 6.45) is 0. The van der Waals surface area contributed by atoms with Crippen molar-refractivity contribution >= 4 is 0 Å². The van der Waals surface area contributed by atoms with Gasteiger partial charge >= 0.3 is 0 Å². The maximum atomic E-state index is 2.51. The Labute approximate surface area is 303 Å². The minimum atomic E-state index is -0.108. The van der Waals surface area contributed by atoms with Gasteiger partial charge in [-0.1, -0.05) is 137 Å². The van der Waals surface area contributed by atoms with E-state index in [0.29, 0.717) is 0 Å². The molecule has 0 aliphatic heterocycles. The lowest BCUT2D eigenvalue weighted by Crippen LogP contribution is -2.16. The van der Waals surface area contributed by atoms with Crippen molar-refractivity contribution in [3.63, 3.8) is 0 Å². The van der Waals surface area contributed by atoms with Gasteiger partial charge in [0.05, 0.1) is 0 Å². The van der Waals surface area contributed by atoms with Crippen LogP contribution < -0.4 is 0 Å². The summed E-state index contributed by atoms with van der Waals surface area (Å²) >= 11 is 0. The minimum absolute atomic E-state index is 0.0261. The summed E-state index contributed by atoms with van der Waals surface area (Å²) in [6.45, 7) is 16.4. The van der Waals surface area contributed by atoms with Crippen molar-refractivity contribution in [2.75, 3.05) is 0 Å². The van der Waals surface area contributed by atoms with E-state index in [1.54, 1.807) is 0 Å². The largest absolute Gasteiger partial charge is 0.0622 e. The lowest BCUT2D eigenvalue weighted by molar-refractivity contribution is 0.659. The highest BCUT2D eigenvalue weighted by Crippen LogP contribution is 2.54. The molecule has 7 aromatic carbocycles. The van der Waals surface area contributed by atoms with Crippen LogP contribution in [0.15, 0.2) is 140 Å². The van der Waals surface area contributed by atoms with E-state index < -0.39 is 0 Å². The van der Waals surface area contributed by atoms with Crippen LogP contribution in [0.2, 0.25) is 0 Å². The van der Waals surface area contributed by atoms with E-state index in [-0.39, 0.29) is 10.8 Å². The molecule has 7 aromatic rings. The van der Waals surface area contributed by atoms with Crippen LogP contribution in [0.25, 0.3) is 66.8 Å². The normalized spacial score (nSPS) is 14.5. The molecule has 248 valence electrons. The SMILES string of the molecule is Cc1cc2c(cc1-c1cc3c(cc1C)-c1cc(-c4cc(-c5ccccc5)c(C)c(-c5ccccc5)c4)ccc1C3(C)C)C(C)(C)c1ccccc1-2. The summed E-state index contributed by atoms with van der Waals surface area (Å²) in [7, 11) is 0. The zero-order valence-corrected chi connectivity index (χ0v) is 30.8. The summed E-state index contributed by atoms with van der Waals surface area (Å²) < 4.78 is 0. The third-order valence-corrected chi connectivity index (χ3v) is 12.2. The standard InChI is InChI=1S/C51H44/c1-31-24-43-38-20-14-15-21-46(38)50(4,5)48(43)29-39(31)40-30-49-44(25-32(40)2)45-26-36(22-23-47(45)51(49,6)7)37-27-41(34-16-10-8-11-17-34)33(3)42(28-37)35-18-12-9-13-19-35/h8-30H,1-7H3. The van der Waals surface area contributed by atoms with Crippen molar-refractivity contribution in [1.29, 1.82) is 0 Å². The van der Waals surface area contributed by atoms with E-state index in [0.717, 1.165) is 0 Å². The minimum Gasteiger partial charge on any atom is -0.0622 e. The van der Waals surface area contributed by atoms with Crippen molar-refractivity contribution in [3.8, 4) is 66.8 Å². The van der Waals surface area contributed by atoms with E-state index in [1.807, 2.05) is 0 Å². The third kappa shape index (κ3) is 4.73. The van der Waals surface area contributed by atoms with Gasteiger partial charge in [0.1, 0.15) is 0 Å². The maximum absolute atomic E-state index is 2.51. The topological polar surface area (TPSA) is 0 Å². The molecule has 9 rings (SSSR count). The summed E-state index contributed by atoms with van der Waals surface area (Å²) in [5.74, 6) is 0. The van der Waals surface area contributed by atoms with Gasteiger partial charge in [-0.3, -0.25) is 0 Å². The second-order valence-corrected chi connectivity index (χ2v) is 15.9. The molecule has 0 heteroatoms. The Morgan fingerprint density at radius 2 is 0.725 bits per heavy atom. The third-order valence-electron chi connectivity index (χ3n) is 12.2. The van der Waals surface area contributed by atoms with E-state index in [4.69, 9.17) is 0 Å². The molecule has 0 aromatic heterocycles. The Hall–Kier alpha value is -5.46. The fourth-order valence-electron chi connectivity index (χ4n) is 9.24. The smallest absolute Gasteiger partial charge is 0.0159 e. The van der Waals surface area contributed by atoms with Gasteiger partial charge in [0.2, 0.25) is 0 Å². The number of hydrogen-bond donors (Lipinski definition) is 0. The van der Waals surface area contributed by atoms with Crippen molar-refractivity contribution in [2.24, 2.45) is 0 Å². The molecule has 0 saturated carbocycles. The van der Waals surface area contributed by atoms with Crippen molar-refractivity contribution in [1.82, 2.24) is 0 Å². The Bertz CT molecular complexity index is 2460. The molecular weight excluding hydrogens is 613 g/mol. The van der Waals surface area contributed by atoms with Gasteiger partial charge in [-0.05, 0) is 157 Å². The van der Waals surface area contributed by atoms with Crippen LogP contribution in [0.3, 0.4) is 0 Å². The molecule has 0 amide bonds. The molecule has 0 N–H and O–H groups in total. The Morgan fingerprint density at radius 3 is 1.27 bits per heavy atom. The predicted molar refractivity (Wildman–Crippen MR) is 218 cm³/mol. The van der Waals surface area contributed by atoms with Gasteiger partial charge in [-0.25, -0.2) is 0 Å². The van der Waals surface area contributed by atoms with Gasteiger partial charge in [0, 0.05) is 10.8 Å². The average molecular weight is 657 g/mol. The van der Waals surface area contributed by atoms with Crippen LogP contribution in [-0.2, 0) is 10.8 Å². The zero-order chi connectivity index (χ0) is 35.2. The molecule has 0 atom stereocenters. The molecule has 0 radical (unpaired) electrons. The lowest BCUT2D eigenvalue weighted by atomic mass is 9.79. The molecule has 0 fully saturated rings. The number of hydrogen-bond acceptors (Lipinski definition) is 0. The predicted octanol–water partition coefficient (Wildman–Crippen LogP) is 13.9. The molecule has 0 spiro atoms. The first-order valence-corrected chi connectivity index (χ1v) is 18.4. The first-order chi connectivity index (χ1) is 24.5. The summed E-state index contributed by atoms with van der Waals surface area (Å²) in [6, 6.07) is 52.5. The molecule has 0 unspecified atom stereocenters. The molecule has 51 heavy (non-hydrogen) atoms. The van der Waals surface area contributed by atoms with E-state index >= 15 is 0 Å². The molecule has 0 heterocycles. The molecular formula is C51H44. The lowest BCUT2D eigenvalue weighted by Gasteiger charge is -2.25. The Morgan fingerprint density at radius 1 is 0.294 bits per heavy atom. The Kier molecular flexibility index (Phi) is 6.97. The second kappa shape index (κ2) is 11.3. The highest BCUT2D eigenvalue weighted by Gasteiger charge is 2.38. The fraction of sp³-hybridized carbons (Fsp3) is 0.176. The van der Waals surface area contributed by atoms with Gasteiger partial charge in [0.25, 0.3) is 0 Å². The van der Waals surface area contributed by atoms with E-state index in [1.165, 1.54) is 106 Å². The quantitative estimate of drug-likeness (QED) is 0.177. The van der Waals surface area contributed by atoms with Crippen molar-refractivity contribution in [2.45, 2.75) is 59.3 Å². The zero-order valence-electron chi connectivity index (χ0n) is 30.8. The van der Waals surface area contributed by atoms with Gasteiger partial charge in [-0.15, -0.1) is 0 Å². The van der Waals surface area contributed by atoms with Crippen LogP contribution in [0.5, 0.6) is 0 Å². The maximum Gasteiger partial charge on any atom is 0.0159 e. The van der Waals surface area contributed by atoms with Crippen LogP contribution in [0.1, 0.15) is 66.6 Å². The highest BCUT2D eigenvalue weighted by atomic mass is 14.4. The summed E-state index contributed by atoms with van der Waals surface area (Å²) in [5, 5.41) is 0.